The van der Waals surface area contributed by atoms with Crippen molar-refractivity contribution in [2.75, 3.05) is 6.54 Å². The first-order chi connectivity index (χ1) is 10.7. The molecule has 5 heteroatoms. The van der Waals surface area contributed by atoms with E-state index in [2.05, 4.69) is 29.1 Å². The summed E-state index contributed by atoms with van der Waals surface area (Å²) in [5.74, 6) is 0.299. The topological polar surface area (TPSA) is 54.9 Å². The van der Waals surface area contributed by atoms with Gasteiger partial charge in [-0.25, -0.2) is 4.98 Å². The average molecular weight is 317 g/mol. The number of pyridine rings is 1. The van der Waals surface area contributed by atoms with E-state index in [0.717, 1.165) is 35.5 Å². The third kappa shape index (κ3) is 4.13. The van der Waals surface area contributed by atoms with E-state index in [0.29, 0.717) is 6.54 Å². The van der Waals surface area contributed by atoms with Gasteiger partial charge in [0.15, 0.2) is 0 Å². The zero-order valence-corrected chi connectivity index (χ0v) is 14.2. The Hall–Kier alpha value is -1.75. The van der Waals surface area contributed by atoms with E-state index in [4.69, 9.17) is 0 Å². The Morgan fingerprint density at radius 1 is 1.36 bits per heavy atom. The van der Waals surface area contributed by atoms with E-state index in [-0.39, 0.29) is 11.8 Å². The molecule has 0 aliphatic heterocycles. The second-order valence-corrected chi connectivity index (χ2v) is 6.41. The monoisotopic (exact) mass is 317 g/mol. The maximum absolute atomic E-state index is 12.0. The number of nitrogens with one attached hydrogen (secondary N) is 1. The quantitative estimate of drug-likeness (QED) is 0.849. The van der Waals surface area contributed by atoms with Crippen LogP contribution >= 0.6 is 11.3 Å². The molecule has 1 N–H and O–H groups in total. The number of hydrogen-bond donors (Lipinski definition) is 1. The smallest absolute Gasteiger partial charge is 0.223 e. The summed E-state index contributed by atoms with van der Waals surface area (Å²) < 4.78 is 0. The molecule has 0 aliphatic rings. The molecule has 2 rings (SSSR count). The Morgan fingerprint density at radius 2 is 2.14 bits per heavy atom. The number of rotatable bonds is 7. The third-order valence-corrected chi connectivity index (χ3v) is 5.08. The summed E-state index contributed by atoms with van der Waals surface area (Å²) in [6.45, 7) is 6.81. The summed E-state index contributed by atoms with van der Waals surface area (Å²) in [6.07, 6.45) is 6.21. The van der Waals surface area contributed by atoms with Gasteiger partial charge >= 0.3 is 0 Å². The van der Waals surface area contributed by atoms with Crippen LogP contribution in [0.5, 0.6) is 0 Å². The lowest BCUT2D eigenvalue weighted by atomic mass is 10.0. The minimum absolute atomic E-state index is 0.133. The van der Waals surface area contributed by atoms with Gasteiger partial charge in [-0.1, -0.05) is 13.8 Å². The number of hydrogen-bond acceptors (Lipinski definition) is 4. The van der Waals surface area contributed by atoms with Crippen LogP contribution in [0, 0.1) is 12.8 Å². The number of thiazole rings is 1. The first kappa shape index (κ1) is 16.6. The number of aromatic nitrogens is 2. The summed E-state index contributed by atoms with van der Waals surface area (Å²) in [7, 11) is 0. The van der Waals surface area contributed by atoms with Crippen LogP contribution in [0.3, 0.4) is 0 Å². The number of carbonyl (C=O) groups is 1. The fourth-order valence-corrected chi connectivity index (χ4v) is 3.43. The van der Waals surface area contributed by atoms with Crippen molar-refractivity contribution in [2.45, 2.75) is 40.0 Å². The molecule has 0 radical (unpaired) electrons. The fourth-order valence-electron chi connectivity index (χ4n) is 2.38. The second kappa shape index (κ2) is 8.03. The first-order valence-electron chi connectivity index (χ1n) is 7.80. The first-order valence-corrected chi connectivity index (χ1v) is 8.61. The number of nitrogens with zero attached hydrogens (tertiary/aromatic N) is 2. The van der Waals surface area contributed by atoms with Gasteiger partial charge in [0.05, 0.1) is 5.69 Å². The summed E-state index contributed by atoms with van der Waals surface area (Å²) in [4.78, 5) is 21.9. The molecular weight excluding hydrogens is 294 g/mol. The lowest BCUT2D eigenvalue weighted by Gasteiger charge is -2.12. The molecule has 0 atom stereocenters. The molecule has 2 aromatic heterocycles. The van der Waals surface area contributed by atoms with Crippen molar-refractivity contribution < 1.29 is 4.79 Å². The van der Waals surface area contributed by atoms with E-state index < -0.39 is 0 Å². The van der Waals surface area contributed by atoms with Crippen molar-refractivity contribution in [2.24, 2.45) is 5.92 Å². The predicted molar refractivity (Wildman–Crippen MR) is 90.9 cm³/mol. The maximum atomic E-state index is 12.0. The molecule has 118 valence electrons. The summed E-state index contributed by atoms with van der Waals surface area (Å²) >= 11 is 1.68. The molecule has 0 saturated heterocycles. The number of carbonyl (C=O) groups excluding carboxylic acids is 1. The molecule has 0 aromatic carbocycles. The molecule has 0 bridgehead atoms. The molecule has 0 saturated carbocycles. The number of amides is 1. The Labute approximate surface area is 136 Å². The van der Waals surface area contributed by atoms with Gasteiger partial charge in [0.2, 0.25) is 5.91 Å². The molecule has 0 spiro atoms. The van der Waals surface area contributed by atoms with Crippen LogP contribution < -0.4 is 5.32 Å². The Bertz CT molecular complexity index is 606. The van der Waals surface area contributed by atoms with Crippen molar-refractivity contribution in [3.63, 3.8) is 0 Å². The van der Waals surface area contributed by atoms with Crippen molar-refractivity contribution in [3.05, 3.63) is 35.1 Å². The minimum atomic E-state index is 0.133. The van der Waals surface area contributed by atoms with Gasteiger partial charge in [0.25, 0.3) is 0 Å². The largest absolute Gasteiger partial charge is 0.356 e. The van der Waals surface area contributed by atoms with E-state index in [9.17, 15) is 4.79 Å². The summed E-state index contributed by atoms with van der Waals surface area (Å²) in [5.41, 5.74) is 2.09. The third-order valence-electron chi connectivity index (χ3n) is 3.81. The molecule has 2 heterocycles. The Morgan fingerprint density at radius 3 is 2.77 bits per heavy atom. The van der Waals surface area contributed by atoms with Gasteiger partial charge in [-0.05, 0) is 31.9 Å². The highest BCUT2D eigenvalue weighted by atomic mass is 32.1. The fraction of sp³-hybridized carbons (Fsp3) is 0.471. The van der Waals surface area contributed by atoms with Crippen LogP contribution in [-0.2, 0) is 11.2 Å². The van der Waals surface area contributed by atoms with Crippen LogP contribution in [-0.4, -0.2) is 22.4 Å². The van der Waals surface area contributed by atoms with Gasteiger partial charge in [0.1, 0.15) is 5.01 Å². The predicted octanol–water partition coefficient (Wildman–Crippen LogP) is 3.61. The second-order valence-electron chi connectivity index (χ2n) is 5.32. The van der Waals surface area contributed by atoms with Crippen LogP contribution in [0.15, 0.2) is 24.5 Å². The molecule has 22 heavy (non-hydrogen) atoms. The minimum Gasteiger partial charge on any atom is -0.356 e. The van der Waals surface area contributed by atoms with E-state index in [1.54, 1.807) is 17.5 Å². The van der Waals surface area contributed by atoms with Crippen LogP contribution in [0.4, 0.5) is 0 Å². The van der Waals surface area contributed by atoms with Crippen molar-refractivity contribution in [3.8, 4) is 10.6 Å². The zero-order valence-electron chi connectivity index (χ0n) is 13.4. The van der Waals surface area contributed by atoms with Crippen LogP contribution in [0.25, 0.3) is 10.6 Å². The summed E-state index contributed by atoms with van der Waals surface area (Å²) in [5, 5.41) is 4.03. The lowest BCUT2D eigenvalue weighted by Crippen LogP contribution is -2.31. The molecule has 0 fully saturated rings. The molecule has 1 amide bonds. The normalized spacial score (nSPS) is 10.9. The Kier molecular flexibility index (Phi) is 6.07. The highest BCUT2D eigenvalue weighted by molar-refractivity contribution is 7.15. The number of aryl methyl sites for hydroxylation is 1. The van der Waals surface area contributed by atoms with Gasteiger partial charge < -0.3 is 5.32 Å². The van der Waals surface area contributed by atoms with Crippen molar-refractivity contribution >= 4 is 17.2 Å². The maximum Gasteiger partial charge on any atom is 0.223 e. The molecular formula is C17H23N3OS. The van der Waals surface area contributed by atoms with Crippen LogP contribution in [0.2, 0.25) is 0 Å². The van der Waals surface area contributed by atoms with E-state index in [1.807, 2.05) is 25.3 Å². The summed E-state index contributed by atoms with van der Waals surface area (Å²) in [6, 6.07) is 3.94. The van der Waals surface area contributed by atoms with Gasteiger partial charge in [0, 0.05) is 41.7 Å². The molecule has 0 unspecified atom stereocenters. The molecule has 0 aliphatic carbocycles. The average Bonchev–Trinajstić information content (AvgIpc) is 2.91. The lowest BCUT2D eigenvalue weighted by molar-refractivity contribution is -0.125. The van der Waals surface area contributed by atoms with E-state index in [1.165, 1.54) is 4.88 Å². The van der Waals surface area contributed by atoms with Gasteiger partial charge in [-0.3, -0.25) is 9.78 Å². The highest BCUT2D eigenvalue weighted by Gasteiger charge is 2.14. The van der Waals surface area contributed by atoms with Crippen molar-refractivity contribution in [1.29, 1.82) is 0 Å². The van der Waals surface area contributed by atoms with Crippen molar-refractivity contribution in [1.82, 2.24) is 15.3 Å². The van der Waals surface area contributed by atoms with Gasteiger partial charge in [-0.2, -0.15) is 0 Å². The van der Waals surface area contributed by atoms with Gasteiger partial charge in [-0.15, -0.1) is 11.3 Å². The molecule has 2 aromatic rings. The van der Waals surface area contributed by atoms with Crippen LogP contribution in [0.1, 0.15) is 37.3 Å². The standard InChI is InChI=1S/C17H23N3OS/c1-4-13(5-2)16(21)19-10-8-15-12(3)20-17(22-15)14-7-6-9-18-11-14/h6-7,9,11,13H,4-5,8,10H2,1-3H3,(H,19,21). The molecule has 4 nitrogen and oxygen atoms in total. The SMILES string of the molecule is CCC(CC)C(=O)NCCc1sc(-c2cccnc2)nc1C. The van der Waals surface area contributed by atoms with E-state index >= 15 is 0 Å². The zero-order chi connectivity index (χ0) is 15.9. The highest BCUT2D eigenvalue weighted by Crippen LogP contribution is 2.27. The Balaban J connectivity index is 1.94.